The molecule has 0 bridgehead atoms. The largest absolute Gasteiger partial charge is 0.397 e. The number of aromatic nitrogens is 4. The Bertz CT molecular complexity index is 1180. The maximum absolute atomic E-state index is 6.19. The van der Waals surface area contributed by atoms with Gasteiger partial charge in [0, 0.05) is 26.7 Å². The molecular weight excluding hydrogens is 444 g/mol. The predicted molar refractivity (Wildman–Crippen MR) is 136 cm³/mol. The van der Waals surface area contributed by atoms with Crippen LogP contribution >= 0.6 is 0 Å². The summed E-state index contributed by atoms with van der Waals surface area (Å²) >= 11 is 0. The Hall–Kier alpha value is -2.95. The minimum Gasteiger partial charge on any atom is -0.397 e. The van der Waals surface area contributed by atoms with Crippen molar-refractivity contribution in [3.8, 4) is 0 Å². The first-order valence-corrected chi connectivity index (χ1v) is 12.7. The predicted octanol–water partition coefficient (Wildman–Crippen LogP) is 2.84. The number of imidazole rings is 1. The lowest BCUT2D eigenvalue weighted by molar-refractivity contribution is -0.105. The van der Waals surface area contributed by atoms with Gasteiger partial charge in [0.2, 0.25) is 5.95 Å². The van der Waals surface area contributed by atoms with Crippen LogP contribution in [0.5, 0.6) is 0 Å². The normalized spacial score (nSPS) is 22.2. The molecule has 35 heavy (non-hydrogen) atoms. The van der Waals surface area contributed by atoms with E-state index >= 15 is 0 Å². The molecule has 3 N–H and O–H groups in total. The molecule has 2 atom stereocenters. The zero-order valence-electron chi connectivity index (χ0n) is 20.3. The van der Waals surface area contributed by atoms with Crippen LogP contribution in [-0.2, 0) is 16.5 Å². The van der Waals surface area contributed by atoms with Crippen LogP contribution in [0.4, 0.5) is 23.1 Å². The number of fused-ring (bicyclic) bond motifs is 1. The number of nitrogens with two attached hydrogens (primary N) is 1. The van der Waals surface area contributed by atoms with Crippen molar-refractivity contribution >= 4 is 34.3 Å². The zero-order valence-corrected chi connectivity index (χ0v) is 20.3. The molecule has 5 heterocycles. The van der Waals surface area contributed by atoms with E-state index in [1.54, 1.807) is 0 Å². The number of nitrogen functional groups attached to an aromatic ring is 1. The van der Waals surface area contributed by atoms with Crippen molar-refractivity contribution in [3.05, 3.63) is 30.1 Å². The number of ether oxygens (including phenoxy) is 2. The second-order valence-electron chi connectivity index (χ2n) is 9.62. The van der Waals surface area contributed by atoms with Gasteiger partial charge in [-0.05, 0) is 44.5 Å². The van der Waals surface area contributed by atoms with Crippen molar-refractivity contribution in [2.24, 2.45) is 7.05 Å². The van der Waals surface area contributed by atoms with Crippen LogP contribution < -0.4 is 16.0 Å². The number of aryl methyl sites for hydroxylation is 1. The summed E-state index contributed by atoms with van der Waals surface area (Å²) in [6, 6.07) is 7.80. The fourth-order valence-electron chi connectivity index (χ4n) is 5.37. The summed E-state index contributed by atoms with van der Waals surface area (Å²) in [5, 5.41) is 3.34. The Morgan fingerprint density at radius 3 is 2.49 bits per heavy atom. The van der Waals surface area contributed by atoms with Crippen LogP contribution in [0.1, 0.15) is 37.5 Å². The highest BCUT2D eigenvalue weighted by molar-refractivity contribution is 5.86. The lowest BCUT2D eigenvalue weighted by Crippen LogP contribution is -2.46. The fraction of sp³-hybridized carbons (Fsp3) is 0.560. The summed E-state index contributed by atoms with van der Waals surface area (Å²) in [5.74, 6) is 2.36. The van der Waals surface area contributed by atoms with E-state index in [2.05, 4.69) is 26.7 Å². The molecule has 2 unspecified atom stereocenters. The standard InChI is InChI=1S/C25H34N8O2/c1-31-22-20(28-24(31)21(19-9-14-35-19)32-10-5-2-6-11-32)23(33-12-15-34-16-13-33)30-25(29-22)27-18-8-4-3-7-17(18)26/h3-4,7-8,19,21H,2,5-6,9-16,26H2,1H3,(H,27,29,30). The Balaban J connectivity index is 1.45. The van der Waals surface area contributed by atoms with E-state index in [0.29, 0.717) is 24.8 Å². The molecule has 3 fully saturated rings. The second-order valence-corrected chi connectivity index (χ2v) is 9.62. The van der Waals surface area contributed by atoms with Crippen LogP contribution in [0.3, 0.4) is 0 Å². The fourth-order valence-corrected chi connectivity index (χ4v) is 5.37. The quantitative estimate of drug-likeness (QED) is 0.517. The van der Waals surface area contributed by atoms with Crippen LogP contribution in [0.2, 0.25) is 0 Å². The van der Waals surface area contributed by atoms with Crippen LogP contribution in [-0.4, -0.2) is 76.5 Å². The minimum absolute atomic E-state index is 0.127. The van der Waals surface area contributed by atoms with Crippen LogP contribution in [0, 0.1) is 0 Å². The number of nitrogens with zero attached hydrogens (tertiary/aromatic N) is 6. The highest BCUT2D eigenvalue weighted by atomic mass is 16.5. The van der Waals surface area contributed by atoms with Gasteiger partial charge in [-0.1, -0.05) is 18.6 Å². The molecule has 0 aliphatic carbocycles. The summed E-state index contributed by atoms with van der Waals surface area (Å²) in [7, 11) is 2.07. The van der Waals surface area contributed by atoms with Crippen LogP contribution in [0.25, 0.3) is 11.2 Å². The Morgan fingerprint density at radius 2 is 1.77 bits per heavy atom. The number of hydrogen-bond acceptors (Lipinski definition) is 9. The summed E-state index contributed by atoms with van der Waals surface area (Å²) in [4.78, 5) is 19.9. The first kappa shape index (κ1) is 22.5. The average Bonchev–Trinajstić information content (AvgIpc) is 3.19. The lowest BCUT2D eigenvalue weighted by atomic mass is 9.99. The first-order chi connectivity index (χ1) is 17.2. The van der Waals surface area contributed by atoms with Gasteiger partial charge in [0.05, 0.1) is 36.7 Å². The highest BCUT2D eigenvalue weighted by Gasteiger charge is 2.38. The molecule has 0 radical (unpaired) electrons. The number of para-hydroxylation sites is 2. The highest BCUT2D eigenvalue weighted by Crippen LogP contribution is 2.37. The number of rotatable bonds is 6. The third-order valence-electron chi connectivity index (χ3n) is 7.39. The number of nitrogens with one attached hydrogen (secondary N) is 1. The number of morpholine rings is 1. The number of anilines is 4. The van der Waals surface area contributed by atoms with Crippen molar-refractivity contribution in [1.29, 1.82) is 0 Å². The Morgan fingerprint density at radius 1 is 1.00 bits per heavy atom. The van der Waals surface area contributed by atoms with Gasteiger partial charge in [0.1, 0.15) is 5.82 Å². The van der Waals surface area contributed by atoms with Crippen LogP contribution in [0.15, 0.2) is 24.3 Å². The van der Waals surface area contributed by atoms with E-state index in [1.165, 1.54) is 19.3 Å². The maximum Gasteiger partial charge on any atom is 0.231 e. The van der Waals surface area contributed by atoms with Gasteiger partial charge in [-0.15, -0.1) is 0 Å². The van der Waals surface area contributed by atoms with Gasteiger partial charge >= 0.3 is 0 Å². The lowest BCUT2D eigenvalue weighted by Gasteiger charge is -2.42. The van der Waals surface area contributed by atoms with Gasteiger partial charge in [0.15, 0.2) is 17.0 Å². The van der Waals surface area contributed by atoms with Crippen molar-refractivity contribution in [3.63, 3.8) is 0 Å². The minimum atomic E-state index is 0.127. The van der Waals surface area contributed by atoms with Gasteiger partial charge < -0.3 is 30.0 Å². The van der Waals surface area contributed by atoms with E-state index in [4.69, 9.17) is 30.2 Å². The smallest absolute Gasteiger partial charge is 0.231 e. The van der Waals surface area contributed by atoms with Gasteiger partial charge in [-0.25, -0.2) is 4.98 Å². The molecule has 6 rings (SSSR count). The van der Waals surface area contributed by atoms with E-state index in [-0.39, 0.29) is 12.1 Å². The first-order valence-electron chi connectivity index (χ1n) is 12.7. The number of hydrogen-bond donors (Lipinski definition) is 2. The van der Waals surface area contributed by atoms with Gasteiger partial charge in [0.25, 0.3) is 0 Å². The number of benzene rings is 1. The monoisotopic (exact) mass is 478 g/mol. The van der Waals surface area contributed by atoms with Crippen molar-refractivity contribution in [1.82, 2.24) is 24.4 Å². The molecule has 0 spiro atoms. The average molecular weight is 479 g/mol. The second kappa shape index (κ2) is 9.60. The van der Waals surface area contributed by atoms with Gasteiger partial charge in [-0.2, -0.15) is 9.97 Å². The van der Waals surface area contributed by atoms with E-state index in [9.17, 15) is 0 Å². The van der Waals surface area contributed by atoms with Gasteiger partial charge in [-0.3, -0.25) is 4.90 Å². The molecule has 3 aliphatic rings. The molecule has 1 aromatic carbocycles. The molecule has 3 aliphatic heterocycles. The van der Waals surface area contributed by atoms with Crippen molar-refractivity contribution in [2.45, 2.75) is 37.8 Å². The molecule has 3 aromatic rings. The zero-order chi connectivity index (χ0) is 23.8. The summed E-state index contributed by atoms with van der Waals surface area (Å²) in [6.45, 7) is 5.87. The van der Waals surface area contributed by atoms with E-state index in [0.717, 1.165) is 67.7 Å². The molecule has 0 amide bonds. The summed E-state index contributed by atoms with van der Waals surface area (Å²) < 4.78 is 13.8. The maximum atomic E-state index is 6.19. The third kappa shape index (κ3) is 4.30. The number of piperidine rings is 1. The number of likely N-dealkylation sites (tertiary alicyclic amines) is 1. The molecule has 2 aromatic heterocycles. The summed E-state index contributed by atoms with van der Waals surface area (Å²) in [5.41, 5.74) is 9.28. The molecule has 0 saturated carbocycles. The van der Waals surface area contributed by atoms with E-state index < -0.39 is 0 Å². The van der Waals surface area contributed by atoms with E-state index in [1.807, 2.05) is 24.3 Å². The SMILES string of the molecule is Cn1c(C(C2CCO2)N2CCCCC2)nc2c(N3CCOCC3)nc(Nc3ccccc3N)nc21. The van der Waals surface area contributed by atoms with Crippen molar-refractivity contribution < 1.29 is 9.47 Å². The molecular formula is C25H34N8O2. The molecule has 10 nitrogen and oxygen atoms in total. The summed E-state index contributed by atoms with van der Waals surface area (Å²) in [6.07, 6.45) is 4.97. The van der Waals surface area contributed by atoms with Crippen molar-refractivity contribution in [2.75, 3.05) is 62.0 Å². The third-order valence-corrected chi connectivity index (χ3v) is 7.39. The Kier molecular flexibility index (Phi) is 6.17. The molecule has 10 heteroatoms. The Labute approximate surface area is 205 Å². The topological polar surface area (TPSA) is 107 Å². The molecule has 186 valence electrons. The molecule has 3 saturated heterocycles.